The minimum Gasteiger partial charge on any atom is -0.484 e. The standard InChI is InChI=1S/C17H16N4O4/c1-12-3-2-8-20-10-13(19-17(12)20)9-18-16(22)11-25-15-6-4-14(5-7-15)21(23)24/h2-8,10H,9,11H2,1H3,(H,18,22). The van der Waals surface area contributed by atoms with E-state index in [0.717, 1.165) is 16.9 Å². The molecular weight excluding hydrogens is 324 g/mol. The third kappa shape index (κ3) is 3.92. The number of non-ortho nitro benzene ring substituents is 1. The number of amides is 1. The fraction of sp³-hybridized carbons (Fsp3) is 0.176. The van der Waals surface area contributed by atoms with E-state index in [-0.39, 0.29) is 18.2 Å². The number of pyridine rings is 1. The second kappa shape index (κ2) is 7.00. The van der Waals surface area contributed by atoms with E-state index in [2.05, 4.69) is 10.3 Å². The summed E-state index contributed by atoms with van der Waals surface area (Å²) in [4.78, 5) is 26.4. The molecule has 0 aliphatic heterocycles. The van der Waals surface area contributed by atoms with Gasteiger partial charge in [-0.25, -0.2) is 4.98 Å². The molecule has 0 spiro atoms. The van der Waals surface area contributed by atoms with Gasteiger partial charge in [0.1, 0.15) is 11.4 Å². The van der Waals surface area contributed by atoms with Gasteiger partial charge in [-0.05, 0) is 30.7 Å². The molecule has 0 saturated heterocycles. The maximum absolute atomic E-state index is 11.9. The number of hydrogen-bond acceptors (Lipinski definition) is 5. The van der Waals surface area contributed by atoms with Gasteiger partial charge in [-0.2, -0.15) is 0 Å². The van der Waals surface area contributed by atoms with Gasteiger partial charge in [0.2, 0.25) is 0 Å². The van der Waals surface area contributed by atoms with Crippen molar-refractivity contribution in [3.8, 4) is 5.75 Å². The number of carbonyl (C=O) groups is 1. The molecule has 0 fully saturated rings. The van der Waals surface area contributed by atoms with Crippen LogP contribution in [0.15, 0.2) is 48.8 Å². The van der Waals surface area contributed by atoms with Gasteiger partial charge in [0.05, 0.1) is 17.2 Å². The summed E-state index contributed by atoms with van der Waals surface area (Å²) in [6.07, 6.45) is 3.76. The number of aryl methyl sites for hydroxylation is 1. The van der Waals surface area contributed by atoms with E-state index < -0.39 is 4.92 Å². The van der Waals surface area contributed by atoms with Crippen molar-refractivity contribution in [1.29, 1.82) is 0 Å². The Morgan fingerprint density at radius 3 is 2.76 bits per heavy atom. The normalized spacial score (nSPS) is 10.6. The molecule has 3 aromatic rings. The first kappa shape index (κ1) is 16.4. The van der Waals surface area contributed by atoms with Gasteiger partial charge in [0, 0.05) is 24.5 Å². The maximum atomic E-state index is 11.9. The first-order chi connectivity index (χ1) is 12.0. The molecule has 1 amide bonds. The molecule has 3 rings (SSSR count). The quantitative estimate of drug-likeness (QED) is 0.548. The Balaban J connectivity index is 1.52. The van der Waals surface area contributed by atoms with Gasteiger partial charge < -0.3 is 14.5 Å². The summed E-state index contributed by atoms with van der Waals surface area (Å²) in [5.41, 5.74) is 2.63. The summed E-state index contributed by atoms with van der Waals surface area (Å²) in [6.45, 7) is 2.09. The number of fused-ring (bicyclic) bond motifs is 1. The van der Waals surface area contributed by atoms with Crippen LogP contribution in [0, 0.1) is 17.0 Å². The number of nitro groups is 1. The maximum Gasteiger partial charge on any atom is 0.269 e. The number of imidazole rings is 1. The van der Waals surface area contributed by atoms with Crippen molar-refractivity contribution in [2.24, 2.45) is 0 Å². The third-order valence-electron chi connectivity index (χ3n) is 3.61. The lowest BCUT2D eigenvalue weighted by Gasteiger charge is -2.06. The van der Waals surface area contributed by atoms with Crippen molar-refractivity contribution in [3.63, 3.8) is 0 Å². The summed E-state index contributed by atoms with van der Waals surface area (Å²) in [5, 5.41) is 13.3. The molecule has 1 aromatic carbocycles. The first-order valence-corrected chi connectivity index (χ1v) is 7.60. The number of nitrogens with one attached hydrogen (secondary N) is 1. The average Bonchev–Trinajstić information content (AvgIpc) is 3.03. The number of carbonyl (C=O) groups excluding carboxylic acids is 1. The lowest BCUT2D eigenvalue weighted by Crippen LogP contribution is -2.28. The van der Waals surface area contributed by atoms with Gasteiger partial charge in [-0.3, -0.25) is 14.9 Å². The Bertz CT molecular complexity index is 918. The second-order valence-electron chi connectivity index (χ2n) is 5.47. The average molecular weight is 340 g/mol. The summed E-state index contributed by atoms with van der Waals surface area (Å²) in [5.74, 6) is 0.0937. The molecule has 0 aliphatic rings. The molecular formula is C17H16N4O4. The van der Waals surface area contributed by atoms with Crippen LogP contribution >= 0.6 is 0 Å². The monoisotopic (exact) mass is 340 g/mol. The van der Waals surface area contributed by atoms with E-state index in [0.29, 0.717) is 12.3 Å². The lowest BCUT2D eigenvalue weighted by molar-refractivity contribution is -0.384. The van der Waals surface area contributed by atoms with Crippen LogP contribution in [-0.4, -0.2) is 26.8 Å². The van der Waals surface area contributed by atoms with E-state index in [9.17, 15) is 14.9 Å². The van der Waals surface area contributed by atoms with Gasteiger partial charge in [-0.1, -0.05) is 6.07 Å². The van der Waals surface area contributed by atoms with Crippen LogP contribution < -0.4 is 10.1 Å². The molecule has 0 aliphatic carbocycles. The van der Waals surface area contributed by atoms with Gasteiger partial charge in [0.25, 0.3) is 11.6 Å². The van der Waals surface area contributed by atoms with Crippen molar-refractivity contribution >= 4 is 17.2 Å². The fourth-order valence-electron chi connectivity index (χ4n) is 2.34. The highest BCUT2D eigenvalue weighted by Crippen LogP contribution is 2.17. The van der Waals surface area contributed by atoms with Crippen LogP contribution in [0.25, 0.3) is 5.65 Å². The second-order valence-corrected chi connectivity index (χ2v) is 5.47. The van der Waals surface area contributed by atoms with Gasteiger partial charge in [-0.15, -0.1) is 0 Å². The van der Waals surface area contributed by atoms with Crippen LogP contribution in [0.5, 0.6) is 5.75 Å². The molecule has 0 bridgehead atoms. The number of nitro benzene ring substituents is 1. The predicted octanol–water partition coefficient (Wildman–Crippen LogP) is 2.25. The predicted molar refractivity (Wildman–Crippen MR) is 90.4 cm³/mol. The highest BCUT2D eigenvalue weighted by molar-refractivity contribution is 5.77. The molecule has 1 N–H and O–H groups in total. The SMILES string of the molecule is Cc1cccn2cc(CNC(=O)COc3ccc([N+](=O)[O-])cc3)nc12. The van der Waals surface area contributed by atoms with Crippen molar-refractivity contribution < 1.29 is 14.5 Å². The van der Waals surface area contributed by atoms with E-state index in [1.54, 1.807) is 0 Å². The highest BCUT2D eigenvalue weighted by Gasteiger charge is 2.08. The van der Waals surface area contributed by atoms with Crippen LogP contribution in [0.2, 0.25) is 0 Å². The Morgan fingerprint density at radius 2 is 2.08 bits per heavy atom. The molecule has 8 heteroatoms. The number of aromatic nitrogens is 2. The summed E-state index contributed by atoms with van der Waals surface area (Å²) in [7, 11) is 0. The number of rotatable bonds is 6. The van der Waals surface area contributed by atoms with Crippen molar-refractivity contribution in [2.45, 2.75) is 13.5 Å². The zero-order valence-electron chi connectivity index (χ0n) is 13.5. The van der Waals surface area contributed by atoms with Crippen LogP contribution in [0.3, 0.4) is 0 Å². The Hall–Kier alpha value is -3.42. The molecule has 0 unspecified atom stereocenters. The van der Waals surface area contributed by atoms with Crippen molar-refractivity contribution in [1.82, 2.24) is 14.7 Å². The molecule has 25 heavy (non-hydrogen) atoms. The zero-order valence-corrected chi connectivity index (χ0v) is 13.5. The Kier molecular flexibility index (Phi) is 4.60. The molecule has 8 nitrogen and oxygen atoms in total. The molecule has 2 aromatic heterocycles. The van der Waals surface area contributed by atoms with Crippen molar-refractivity contribution in [3.05, 3.63) is 70.2 Å². The van der Waals surface area contributed by atoms with E-state index in [1.165, 1.54) is 24.3 Å². The van der Waals surface area contributed by atoms with Crippen LogP contribution in [0.1, 0.15) is 11.3 Å². The first-order valence-electron chi connectivity index (χ1n) is 7.60. The fourth-order valence-corrected chi connectivity index (χ4v) is 2.34. The Labute approximate surface area is 143 Å². The Morgan fingerprint density at radius 1 is 1.32 bits per heavy atom. The lowest BCUT2D eigenvalue weighted by atomic mass is 10.3. The van der Waals surface area contributed by atoms with Crippen LogP contribution in [-0.2, 0) is 11.3 Å². The third-order valence-corrected chi connectivity index (χ3v) is 3.61. The number of benzene rings is 1. The number of hydrogen-bond donors (Lipinski definition) is 1. The van der Waals surface area contributed by atoms with E-state index in [1.807, 2.05) is 35.9 Å². The molecule has 0 saturated carbocycles. The molecule has 128 valence electrons. The summed E-state index contributed by atoms with van der Waals surface area (Å²) < 4.78 is 7.22. The van der Waals surface area contributed by atoms with Crippen LogP contribution in [0.4, 0.5) is 5.69 Å². The smallest absolute Gasteiger partial charge is 0.269 e. The van der Waals surface area contributed by atoms with Gasteiger partial charge >= 0.3 is 0 Å². The minimum atomic E-state index is -0.493. The largest absolute Gasteiger partial charge is 0.484 e. The molecule has 2 heterocycles. The van der Waals surface area contributed by atoms with E-state index >= 15 is 0 Å². The topological polar surface area (TPSA) is 98.8 Å². The zero-order chi connectivity index (χ0) is 17.8. The number of nitrogens with zero attached hydrogens (tertiary/aromatic N) is 3. The van der Waals surface area contributed by atoms with Crippen molar-refractivity contribution in [2.75, 3.05) is 6.61 Å². The highest BCUT2D eigenvalue weighted by atomic mass is 16.6. The number of ether oxygens (including phenoxy) is 1. The molecule has 0 atom stereocenters. The summed E-state index contributed by atoms with van der Waals surface area (Å²) in [6, 6.07) is 9.47. The van der Waals surface area contributed by atoms with Gasteiger partial charge in [0.15, 0.2) is 6.61 Å². The summed E-state index contributed by atoms with van der Waals surface area (Å²) >= 11 is 0. The van der Waals surface area contributed by atoms with E-state index in [4.69, 9.17) is 4.74 Å². The molecule has 0 radical (unpaired) electrons. The minimum absolute atomic E-state index is 0.0288.